The minimum absolute atomic E-state index is 0.0798. The van der Waals surface area contributed by atoms with Crippen molar-refractivity contribution < 1.29 is 19.1 Å². The number of likely N-dealkylation sites (tertiary alicyclic amines) is 1. The average molecular weight is 678 g/mol. The van der Waals surface area contributed by atoms with Gasteiger partial charge >= 0.3 is 6.09 Å². The maximum Gasteiger partial charge on any atom is 0.410 e. The first kappa shape index (κ1) is 32.8. The quantitative estimate of drug-likeness (QED) is 0.228. The Morgan fingerprint density at radius 2 is 1.55 bits per heavy atom. The number of aliphatic hydroxyl groups is 1. The predicted octanol–water partition coefficient (Wildman–Crippen LogP) is 7.06. The topological polar surface area (TPSA) is 59.0 Å². The molecular formula is C33H48INO4Si. The van der Waals surface area contributed by atoms with Gasteiger partial charge in [0.15, 0.2) is 0 Å². The molecule has 0 aromatic heterocycles. The maximum atomic E-state index is 12.8. The van der Waals surface area contributed by atoms with E-state index < -0.39 is 19.5 Å². The molecule has 3 atom stereocenters. The molecule has 3 rings (SSSR count). The number of rotatable bonds is 9. The molecule has 1 N–H and O–H groups in total. The normalized spacial score (nSPS) is 19.3. The van der Waals surface area contributed by atoms with Crippen LogP contribution in [0.2, 0.25) is 5.04 Å². The summed E-state index contributed by atoms with van der Waals surface area (Å²) in [4.78, 5) is 14.6. The van der Waals surface area contributed by atoms with Crippen LogP contribution in [-0.2, 0) is 9.16 Å². The second-order valence-corrected chi connectivity index (χ2v) is 19.1. The van der Waals surface area contributed by atoms with Crippen molar-refractivity contribution in [2.75, 3.05) is 13.2 Å². The maximum absolute atomic E-state index is 12.8. The van der Waals surface area contributed by atoms with Crippen LogP contribution in [0.1, 0.15) is 74.7 Å². The summed E-state index contributed by atoms with van der Waals surface area (Å²) in [5.41, 5.74) is -1.62. The van der Waals surface area contributed by atoms with Crippen molar-refractivity contribution >= 4 is 47.4 Å². The van der Waals surface area contributed by atoms with Crippen molar-refractivity contribution in [2.24, 2.45) is 5.92 Å². The molecule has 1 heterocycles. The summed E-state index contributed by atoms with van der Waals surface area (Å²) in [7, 11) is -2.61. The summed E-state index contributed by atoms with van der Waals surface area (Å²) in [5, 5.41) is 14.0. The number of hydrogen-bond donors (Lipinski definition) is 1. The molecule has 0 aliphatic carbocycles. The van der Waals surface area contributed by atoms with Crippen LogP contribution in [0.15, 0.2) is 70.3 Å². The van der Waals surface area contributed by atoms with Crippen LogP contribution in [0.25, 0.3) is 0 Å². The van der Waals surface area contributed by atoms with Crippen LogP contribution in [0.4, 0.5) is 4.79 Å². The second kappa shape index (κ2) is 13.1. The lowest BCUT2D eigenvalue weighted by Crippen LogP contribution is -2.66. The van der Waals surface area contributed by atoms with Crippen LogP contribution in [0.3, 0.4) is 0 Å². The van der Waals surface area contributed by atoms with Crippen LogP contribution in [0, 0.1) is 5.92 Å². The fourth-order valence-electron chi connectivity index (χ4n) is 5.85. The van der Waals surface area contributed by atoms with E-state index in [9.17, 15) is 9.90 Å². The van der Waals surface area contributed by atoms with Gasteiger partial charge in [-0.2, -0.15) is 0 Å². The summed E-state index contributed by atoms with van der Waals surface area (Å²) in [6, 6.07) is 21.1. The molecule has 1 saturated heterocycles. The van der Waals surface area contributed by atoms with Crippen molar-refractivity contribution in [3.8, 4) is 0 Å². The molecule has 1 fully saturated rings. The van der Waals surface area contributed by atoms with Gasteiger partial charge in [0.05, 0.1) is 11.6 Å². The number of ether oxygens (including phenoxy) is 1. The van der Waals surface area contributed by atoms with Crippen LogP contribution in [-0.4, -0.2) is 54.8 Å². The molecule has 40 heavy (non-hydrogen) atoms. The highest BCUT2D eigenvalue weighted by Gasteiger charge is 2.50. The summed E-state index contributed by atoms with van der Waals surface area (Å²) in [6.45, 7) is 17.7. The minimum atomic E-state index is -2.61. The molecule has 2 aromatic rings. The van der Waals surface area contributed by atoms with Crippen molar-refractivity contribution in [2.45, 2.75) is 96.9 Å². The zero-order valence-electron chi connectivity index (χ0n) is 25.5. The number of nitrogens with zero attached hydrogens (tertiary/aromatic N) is 1. The van der Waals surface area contributed by atoms with Crippen molar-refractivity contribution in [3.05, 3.63) is 70.3 Å². The first-order valence-electron chi connectivity index (χ1n) is 14.4. The van der Waals surface area contributed by atoms with E-state index in [2.05, 4.69) is 117 Å². The smallest absolute Gasteiger partial charge is 0.410 e. The molecule has 7 heteroatoms. The first-order chi connectivity index (χ1) is 18.6. The summed E-state index contributed by atoms with van der Waals surface area (Å²) in [5.74, 6) is 0.148. The van der Waals surface area contributed by atoms with E-state index in [4.69, 9.17) is 9.16 Å². The van der Waals surface area contributed by atoms with Crippen LogP contribution < -0.4 is 10.4 Å². The standard InChI is InChI=1S/C33H48INO4Si/c1-25(22-26(34)23-33(8,37)29-20-15-21-35(29)30(36)39-31(2,3)4)24-38-40(32(5,6)7,27-16-11-9-12-17-27)28-18-13-10-14-19-28/h9-14,16-19,22,25,29,37H,15,20-21,23-24H2,1-8H3/b26-22-/t25-,29-,33-/m0/s1. The van der Waals surface area contributed by atoms with E-state index in [0.717, 1.165) is 16.4 Å². The summed E-state index contributed by atoms with van der Waals surface area (Å²) in [6.07, 6.45) is 3.97. The molecule has 0 bridgehead atoms. The number of hydrogen-bond acceptors (Lipinski definition) is 4. The van der Waals surface area contributed by atoms with Gasteiger partial charge in [-0.3, -0.25) is 0 Å². The predicted molar refractivity (Wildman–Crippen MR) is 176 cm³/mol. The second-order valence-electron chi connectivity index (χ2n) is 13.4. The van der Waals surface area contributed by atoms with E-state index in [-0.39, 0.29) is 23.1 Å². The van der Waals surface area contributed by atoms with Crippen molar-refractivity contribution in [3.63, 3.8) is 0 Å². The zero-order chi connectivity index (χ0) is 29.8. The fraction of sp³-hybridized carbons (Fsp3) is 0.545. The molecule has 5 nitrogen and oxygen atoms in total. The van der Waals surface area contributed by atoms with Gasteiger partial charge in [-0.05, 0) is 88.0 Å². The highest BCUT2D eigenvalue weighted by molar-refractivity contribution is 14.1. The first-order valence-corrected chi connectivity index (χ1v) is 17.4. The van der Waals surface area contributed by atoms with Gasteiger partial charge in [0.25, 0.3) is 8.32 Å². The third kappa shape index (κ3) is 7.99. The fourth-order valence-corrected chi connectivity index (χ4v) is 11.9. The lowest BCUT2D eigenvalue weighted by atomic mass is 9.90. The van der Waals surface area contributed by atoms with E-state index in [1.807, 2.05) is 27.7 Å². The van der Waals surface area contributed by atoms with E-state index in [1.165, 1.54) is 10.4 Å². The number of carbonyl (C=O) groups excluding carboxylic acids is 1. The summed E-state index contributed by atoms with van der Waals surface area (Å²) >= 11 is 2.34. The van der Waals surface area contributed by atoms with Gasteiger partial charge < -0.3 is 19.2 Å². The molecule has 1 aliphatic heterocycles. The molecule has 220 valence electrons. The Morgan fingerprint density at radius 1 is 1.02 bits per heavy atom. The Morgan fingerprint density at radius 3 is 2.02 bits per heavy atom. The average Bonchev–Trinajstić information content (AvgIpc) is 3.35. The van der Waals surface area contributed by atoms with Crippen LogP contribution in [0.5, 0.6) is 0 Å². The molecule has 2 aromatic carbocycles. The monoisotopic (exact) mass is 677 g/mol. The highest BCUT2D eigenvalue weighted by Crippen LogP contribution is 2.38. The number of halogens is 1. The SMILES string of the molecule is C[C@@H](/C=C(\I)C[C@](C)(O)[C@@H]1CCCN1C(=O)OC(C)(C)C)CO[Si](c1ccccc1)(c1ccccc1)C(C)(C)C. The van der Waals surface area contributed by atoms with Gasteiger partial charge in [-0.25, -0.2) is 4.79 Å². The van der Waals surface area contributed by atoms with Gasteiger partial charge in [-0.1, -0.05) is 94.4 Å². The largest absolute Gasteiger partial charge is 0.444 e. The van der Waals surface area contributed by atoms with Gasteiger partial charge in [0.2, 0.25) is 0 Å². The van der Waals surface area contributed by atoms with E-state index >= 15 is 0 Å². The lowest BCUT2D eigenvalue weighted by Gasteiger charge is -2.43. The van der Waals surface area contributed by atoms with Crippen molar-refractivity contribution in [1.29, 1.82) is 0 Å². The van der Waals surface area contributed by atoms with E-state index in [0.29, 0.717) is 19.6 Å². The number of amides is 1. The van der Waals surface area contributed by atoms with Gasteiger partial charge in [0, 0.05) is 19.6 Å². The minimum Gasteiger partial charge on any atom is -0.444 e. The van der Waals surface area contributed by atoms with Crippen molar-refractivity contribution in [1.82, 2.24) is 4.90 Å². The lowest BCUT2D eigenvalue weighted by molar-refractivity contribution is -0.0322. The third-order valence-corrected chi connectivity index (χ3v) is 13.3. The molecule has 1 aliphatic rings. The van der Waals surface area contributed by atoms with E-state index in [1.54, 1.807) is 4.90 Å². The Kier molecular flexibility index (Phi) is 10.7. The Bertz CT molecular complexity index is 1100. The number of carbonyl (C=O) groups is 1. The molecule has 0 unspecified atom stereocenters. The molecule has 0 spiro atoms. The van der Waals surface area contributed by atoms with Gasteiger partial charge in [-0.15, -0.1) is 0 Å². The molecule has 0 saturated carbocycles. The highest BCUT2D eigenvalue weighted by atomic mass is 127. The third-order valence-electron chi connectivity index (χ3n) is 7.57. The molecule has 1 amide bonds. The zero-order valence-corrected chi connectivity index (χ0v) is 28.7. The Hall–Kier alpha value is -1.68. The Balaban J connectivity index is 1.78. The van der Waals surface area contributed by atoms with Gasteiger partial charge in [0.1, 0.15) is 5.60 Å². The summed E-state index contributed by atoms with van der Waals surface area (Å²) < 4.78 is 13.8. The molecule has 0 radical (unpaired) electrons. The van der Waals surface area contributed by atoms with Crippen LogP contribution >= 0.6 is 22.6 Å². The molecular weight excluding hydrogens is 629 g/mol. The number of benzene rings is 2. The Labute approximate surface area is 256 Å².